The number of carbonyl (C=O) groups is 1. The maximum absolute atomic E-state index is 12.5. The van der Waals surface area contributed by atoms with E-state index in [1.165, 1.54) is 32.1 Å². The van der Waals surface area contributed by atoms with E-state index in [0.29, 0.717) is 23.7 Å². The monoisotopic (exact) mass is 366 g/mol. The Balaban J connectivity index is 1.64. The Morgan fingerprint density at radius 2 is 1.65 bits per heavy atom. The standard InChI is InChI=1S/C21H34O5/c1-19-9-4-3-5-12(19)6-7-13-14(19)8-10-20(2)15(13)11-16(22)17(20)18(23)21(24,25)26/h12-17,22,24-26H,3-11H2,1-2H3/t12-,13+,14-,15-,16?,17+,19-,20-/m0/s1. The van der Waals surface area contributed by atoms with Gasteiger partial charge in [-0.15, -0.1) is 0 Å². The summed E-state index contributed by atoms with van der Waals surface area (Å²) < 4.78 is 0. The van der Waals surface area contributed by atoms with E-state index in [4.69, 9.17) is 0 Å². The van der Waals surface area contributed by atoms with Crippen LogP contribution in [-0.2, 0) is 4.79 Å². The zero-order valence-corrected chi connectivity index (χ0v) is 16.0. The van der Waals surface area contributed by atoms with E-state index in [2.05, 4.69) is 6.92 Å². The number of hydrogen-bond donors (Lipinski definition) is 4. The van der Waals surface area contributed by atoms with Crippen molar-refractivity contribution in [3.8, 4) is 0 Å². The molecule has 148 valence electrons. The summed E-state index contributed by atoms with van der Waals surface area (Å²) in [7, 11) is 0. The normalized spacial score (nSPS) is 51.3. The van der Waals surface area contributed by atoms with E-state index in [9.17, 15) is 25.2 Å². The van der Waals surface area contributed by atoms with Crippen molar-refractivity contribution >= 4 is 5.78 Å². The molecule has 0 heterocycles. The lowest BCUT2D eigenvalue weighted by Gasteiger charge is -2.60. The summed E-state index contributed by atoms with van der Waals surface area (Å²) in [6.45, 7) is 4.50. The topological polar surface area (TPSA) is 98.0 Å². The average molecular weight is 366 g/mol. The van der Waals surface area contributed by atoms with Crippen LogP contribution in [0.3, 0.4) is 0 Å². The van der Waals surface area contributed by atoms with Gasteiger partial charge in [0.25, 0.3) is 0 Å². The van der Waals surface area contributed by atoms with Gasteiger partial charge in [-0.1, -0.05) is 26.7 Å². The molecule has 1 unspecified atom stereocenters. The molecule has 4 aliphatic carbocycles. The van der Waals surface area contributed by atoms with Gasteiger partial charge in [-0.2, -0.15) is 0 Å². The second-order valence-electron chi connectivity index (χ2n) is 10.2. The molecule has 0 saturated heterocycles. The zero-order valence-electron chi connectivity index (χ0n) is 16.0. The van der Waals surface area contributed by atoms with Crippen molar-refractivity contribution in [3.05, 3.63) is 0 Å². The minimum atomic E-state index is -3.35. The lowest BCUT2D eigenvalue weighted by molar-refractivity contribution is -0.293. The van der Waals surface area contributed by atoms with Crippen molar-refractivity contribution in [3.63, 3.8) is 0 Å². The molecule has 0 amide bonds. The maximum atomic E-state index is 12.5. The summed E-state index contributed by atoms with van der Waals surface area (Å²) in [4.78, 5) is 12.5. The zero-order chi connectivity index (χ0) is 18.9. The highest BCUT2D eigenvalue weighted by Crippen LogP contribution is 2.67. The Morgan fingerprint density at radius 1 is 0.923 bits per heavy atom. The lowest BCUT2D eigenvalue weighted by Crippen LogP contribution is -2.55. The van der Waals surface area contributed by atoms with Crippen molar-refractivity contribution in [2.45, 2.75) is 83.7 Å². The van der Waals surface area contributed by atoms with Gasteiger partial charge in [0.05, 0.1) is 12.0 Å². The number of Topliss-reactive ketones (excluding diaryl/α,β-unsaturated/α-hetero) is 1. The van der Waals surface area contributed by atoms with Gasteiger partial charge in [-0.05, 0) is 79.4 Å². The Labute approximate surface area is 155 Å². The van der Waals surface area contributed by atoms with E-state index < -0.39 is 29.2 Å². The largest absolute Gasteiger partial charge is 0.392 e. The van der Waals surface area contributed by atoms with Crippen molar-refractivity contribution < 1.29 is 25.2 Å². The van der Waals surface area contributed by atoms with Gasteiger partial charge in [-0.25, -0.2) is 0 Å². The first-order valence-electron chi connectivity index (χ1n) is 10.5. The number of hydrogen-bond acceptors (Lipinski definition) is 5. The summed E-state index contributed by atoms with van der Waals surface area (Å²) >= 11 is 0. The number of carbonyl (C=O) groups excluding carboxylic acids is 1. The van der Waals surface area contributed by atoms with Crippen LogP contribution < -0.4 is 0 Å². The van der Waals surface area contributed by atoms with Crippen molar-refractivity contribution in [1.29, 1.82) is 0 Å². The minimum absolute atomic E-state index is 0.215. The number of aliphatic hydroxyl groups excluding tert-OH is 1. The lowest BCUT2D eigenvalue weighted by atomic mass is 9.45. The summed E-state index contributed by atoms with van der Waals surface area (Å²) in [5, 5.41) is 39.0. The second kappa shape index (κ2) is 6.00. The molecule has 5 heteroatoms. The molecule has 4 fully saturated rings. The van der Waals surface area contributed by atoms with Gasteiger partial charge >= 0.3 is 5.97 Å². The first-order chi connectivity index (χ1) is 12.1. The van der Waals surface area contributed by atoms with Crippen LogP contribution in [0.15, 0.2) is 0 Å². The van der Waals surface area contributed by atoms with E-state index >= 15 is 0 Å². The molecule has 26 heavy (non-hydrogen) atoms. The molecule has 4 saturated carbocycles. The summed E-state index contributed by atoms with van der Waals surface area (Å²) in [6, 6.07) is 0. The fourth-order valence-electron chi connectivity index (χ4n) is 7.99. The Morgan fingerprint density at radius 3 is 2.35 bits per heavy atom. The predicted octanol–water partition coefficient (Wildman–Crippen LogP) is 2.21. The van der Waals surface area contributed by atoms with Gasteiger partial charge in [0.2, 0.25) is 5.78 Å². The van der Waals surface area contributed by atoms with Crippen molar-refractivity contribution in [1.82, 2.24) is 0 Å². The molecule has 8 atom stereocenters. The highest BCUT2D eigenvalue weighted by Gasteiger charge is 2.64. The number of ketones is 1. The highest BCUT2D eigenvalue weighted by atomic mass is 16.7. The van der Waals surface area contributed by atoms with Gasteiger partial charge in [-0.3, -0.25) is 4.79 Å². The molecule has 0 bridgehead atoms. The molecule has 0 aromatic rings. The molecule has 4 rings (SSSR count). The van der Waals surface area contributed by atoms with Crippen molar-refractivity contribution in [2.75, 3.05) is 0 Å². The molecular formula is C21H34O5. The van der Waals surface area contributed by atoms with E-state index in [0.717, 1.165) is 25.2 Å². The van der Waals surface area contributed by atoms with Crippen LogP contribution >= 0.6 is 0 Å². The predicted molar refractivity (Wildman–Crippen MR) is 95.6 cm³/mol. The molecule has 5 nitrogen and oxygen atoms in total. The minimum Gasteiger partial charge on any atom is -0.392 e. The van der Waals surface area contributed by atoms with Crippen LogP contribution in [0.25, 0.3) is 0 Å². The summed E-state index contributed by atoms with van der Waals surface area (Å²) in [5.74, 6) is -3.13. The number of aliphatic hydroxyl groups is 4. The average Bonchev–Trinajstić information content (AvgIpc) is 2.83. The number of fused-ring (bicyclic) bond motifs is 5. The summed E-state index contributed by atoms with van der Waals surface area (Å²) in [5.41, 5.74) is -0.0841. The highest BCUT2D eigenvalue weighted by molar-refractivity contribution is 5.87. The van der Waals surface area contributed by atoms with Crippen LogP contribution in [0, 0.1) is 40.4 Å². The molecular weight excluding hydrogens is 332 g/mol. The Bertz CT molecular complexity index is 583. The molecule has 4 N–H and O–H groups in total. The fourth-order valence-corrected chi connectivity index (χ4v) is 7.99. The van der Waals surface area contributed by atoms with Gasteiger partial charge < -0.3 is 20.4 Å². The first kappa shape index (κ1) is 18.9. The van der Waals surface area contributed by atoms with Crippen LogP contribution in [0.2, 0.25) is 0 Å². The maximum Gasteiger partial charge on any atom is 0.339 e. The smallest absolute Gasteiger partial charge is 0.339 e. The third-order valence-corrected chi connectivity index (χ3v) is 9.22. The van der Waals surface area contributed by atoms with Crippen molar-refractivity contribution in [2.24, 2.45) is 40.4 Å². The van der Waals surface area contributed by atoms with E-state index in [1.54, 1.807) is 0 Å². The Kier molecular flexibility index (Phi) is 4.35. The van der Waals surface area contributed by atoms with Crippen LogP contribution in [0.1, 0.15) is 71.6 Å². The summed E-state index contributed by atoms with van der Waals surface area (Å²) in [6.07, 6.45) is 9.16. The molecule has 0 radical (unpaired) electrons. The number of rotatable bonds is 2. The second-order valence-corrected chi connectivity index (χ2v) is 10.2. The van der Waals surface area contributed by atoms with Gasteiger partial charge in [0.1, 0.15) is 0 Å². The first-order valence-corrected chi connectivity index (χ1v) is 10.5. The molecule has 0 spiro atoms. The molecule has 4 aliphatic rings. The third kappa shape index (κ3) is 2.54. The Hall–Kier alpha value is -0.490. The van der Waals surface area contributed by atoms with E-state index in [-0.39, 0.29) is 5.92 Å². The van der Waals surface area contributed by atoms with E-state index in [1.807, 2.05) is 6.92 Å². The molecule has 0 aliphatic heterocycles. The quantitative estimate of drug-likeness (QED) is 0.562. The van der Waals surface area contributed by atoms with Gasteiger partial charge in [0, 0.05) is 0 Å². The fraction of sp³-hybridized carbons (Fsp3) is 0.952. The van der Waals surface area contributed by atoms with Crippen LogP contribution in [0.5, 0.6) is 0 Å². The third-order valence-electron chi connectivity index (χ3n) is 9.22. The molecule has 0 aromatic heterocycles. The van der Waals surface area contributed by atoms with Crippen LogP contribution in [-0.4, -0.2) is 38.3 Å². The van der Waals surface area contributed by atoms with Gasteiger partial charge in [0.15, 0.2) is 0 Å². The SMILES string of the molecule is C[C@]12CCCC[C@H]1CC[C@@H]1[C@@H]2CC[C@]2(C)[C@@H](C(=O)C(O)(O)O)C(O)C[C@@H]12. The molecule has 0 aromatic carbocycles. The van der Waals surface area contributed by atoms with Crippen LogP contribution in [0.4, 0.5) is 0 Å².